The van der Waals surface area contributed by atoms with Gasteiger partial charge in [-0.25, -0.2) is 28.8 Å². The fourth-order valence-corrected chi connectivity index (χ4v) is 15.8. The number of phenolic OH excluding ortho intramolecular Hbond substituents is 2. The van der Waals surface area contributed by atoms with Gasteiger partial charge in [-0.1, -0.05) is 185 Å². The van der Waals surface area contributed by atoms with Gasteiger partial charge < -0.3 is 105 Å². The maximum Gasteiger partial charge on any atom is 0.341 e. The van der Waals surface area contributed by atoms with Gasteiger partial charge in [0.15, 0.2) is 0 Å². The molecule has 0 spiro atoms. The first-order valence-corrected chi connectivity index (χ1v) is 54.1. The Morgan fingerprint density at radius 1 is 0.245 bits per heavy atom. The Kier molecular flexibility index (Phi) is 70.4. The third-order valence-corrected chi connectivity index (χ3v) is 24.0. The molecule has 6 aromatic carbocycles. The number of carbonyl (C=O) groups excluding carboxylic acids is 6. The Balaban J connectivity index is 0.000000883. The van der Waals surface area contributed by atoms with Crippen LogP contribution in [0.5, 0.6) is 46.0 Å². The largest absolute Gasteiger partial charge is 0.508 e. The molecule has 0 aromatic heterocycles. The molecule has 0 saturated carbocycles. The molecular formula is C117H196N10O20. The second kappa shape index (κ2) is 76.9. The van der Waals surface area contributed by atoms with E-state index < -0.39 is 11.9 Å². The molecule has 30 heteroatoms. The van der Waals surface area contributed by atoms with Gasteiger partial charge in [0.05, 0.1) is 39.6 Å². The molecule has 6 aromatic rings. The van der Waals surface area contributed by atoms with Gasteiger partial charge in [0, 0.05) is 95.4 Å². The zero-order chi connectivity index (χ0) is 111. The highest BCUT2D eigenvalue weighted by Gasteiger charge is 2.29. The van der Waals surface area contributed by atoms with Crippen LogP contribution in [0.15, 0.2) is 109 Å². The van der Waals surface area contributed by atoms with Gasteiger partial charge in [-0.3, -0.25) is 14.7 Å². The van der Waals surface area contributed by atoms with Crippen LogP contribution in [0, 0.1) is 35.5 Å². The van der Waals surface area contributed by atoms with Crippen LogP contribution in [0.25, 0.3) is 0 Å². The number of esters is 6. The Labute approximate surface area is 885 Å². The van der Waals surface area contributed by atoms with Crippen LogP contribution in [0.4, 0.5) is 22.7 Å². The zero-order valence-electron chi connectivity index (χ0n) is 95.9. The molecule has 0 unspecified atom stereocenters. The minimum absolute atomic E-state index is 0.0682. The summed E-state index contributed by atoms with van der Waals surface area (Å²) in [5.74, 6) is 3.84. The first kappa shape index (κ1) is 135. The Morgan fingerprint density at radius 3 is 0.585 bits per heavy atom. The van der Waals surface area contributed by atoms with E-state index in [1.807, 2.05) is 63.1 Å². The number of unbranched alkanes of at least 4 members (excludes halogenated alkanes) is 3. The molecule has 0 bridgehead atoms. The number of carbonyl (C=O) groups is 6. The lowest BCUT2D eigenvalue weighted by atomic mass is 10.0. The van der Waals surface area contributed by atoms with Crippen molar-refractivity contribution < 1.29 is 95.8 Å². The number of nitrogens with zero attached hydrogens (tertiary/aromatic N) is 6. The minimum Gasteiger partial charge on any atom is -0.508 e. The molecule has 0 saturated heterocycles. The third kappa shape index (κ3) is 55.6. The molecule has 0 aliphatic heterocycles. The van der Waals surface area contributed by atoms with E-state index in [4.69, 9.17) is 79.8 Å². The van der Waals surface area contributed by atoms with Gasteiger partial charge in [0.1, 0.15) is 119 Å². The molecular weight excluding hydrogens is 1870 g/mol. The van der Waals surface area contributed by atoms with E-state index in [-0.39, 0.29) is 71.6 Å². The topological polar surface area (TPSA) is 377 Å². The van der Waals surface area contributed by atoms with Crippen molar-refractivity contribution in [3.63, 3.8) is 0 Å². The maximum atomic E-state index is 12.6. The predicted molar refractivity (Wildman–Crippen MR) is 599 cm³/mol. The Hall–Kier alpha value is -10.5. The normalized spacial score (nSPS) is 12.4. The number of phenols is 2. The summed E-state index contributed by atoms with van der Waals surface area (Å²) in [4.78, 5) is 88.3. The molecule has 6 rings (SSSR count). The Bertz CT molecular complexity index is 4140. The van der Waals surface area contributed by atoms with E-state index in [0.717, 1.165) is 136 Å². The van der Waals surface area contributed by atoms with Crippen LogP contribution in [0.1, 0.15) is 325 Å². The van der Waals surface area contributed by atoms with Crippen molar-refractivity contribution in [3.8, 4) is 46.0 Å². The van der Waals surface area contributed by atoms with Gasteiger partial charge in [-0.05, 0) is 267 Å². The van der Waals surface area contributed by atoms with Crippen molar-refractivity contribution in [1.82, 2.24) is 29.4 Å². The van der Waals surface area contributed by atoms with E-state index in [1.165, 1.54) is 30.3 Å². The molecule has 10 N–H and O–H groups in total. The molecule has 0 radical (unpaired) electrons. The zero-order valence-corrected chi connectivity index (χ0v) is 95.9. The first-order chi connectivity index (χ1) is 69.8. The minimum atomic E-state index is -0.424. The van der Waals surface area contributed by atoms with Crippen molar-refractivity contribution in [2.75, 3.05) is 184 Å². The number of likely N-dealkylation sites (N-methyl/N-ethyl adjacent to an activating group) is 6. The highest BCUT2D eigenvalue weighted by molar-refractivity contribution is 5.96. The van der Waals surface area contributed by atoms with E-state index >= 15 is 0 Å². The lowest BCUT2D eigenvalue weighted by Gasteiger charge is -2.30. The fraction of sp³-hybridized carbons (Fsp3) is 0.641. The standard InChI is InChI=1S/2C21H36N2O3.C21H35NO4.2C18H30N2O3.C18H29NO4/c2*1-6-9-12-25-20-14-17(22)10-11-19(20)21(24)26-15-18(13-16(4)5)23(7-2)8-3;1-6-9-12-25-20-14-18(23)10-11-19(20)21(24)26-15-17(13-16(4)5)22(7-2)8-3;2*1-6-9-22-17-11-14(19)7-8-16(17)18(21)23-12-15(20(4)5)10-13(2)3;1-6-9-22-17-11-15(20)7-8-16(17)18(21)23-12-14(19(4)5)10-13(2)3/h2*10-11,14,16,18H,6-9,12-13,15,22H2,1-5H3;10-11,14,16-17,23H,6-9,12-13,15H2,1-5H3;2*7-8,11,13,15H,6,9-10,12,19H2,1-5H3;7-8,11,13-14,20H,6,9-10,12H2,1-5H3/t2*18-;17-;2*15-;14-/m101101/s1. The summed E-state index contributed by atoms with van der Waals surface area (Å²) in [5, 5.41) is 19.3. The van der Waals surface area contributed by atoms with Crippen LogP contribution in [-0.4, -0.2) is 273 Å². The summed E-state index contributed by atoms with van der Waals surface area (Å²) >= 11 is 0. The number of ether oxygens (including phenoxy) is 12. The quantitative estimate of drug-likeness (QED) is 0.00894. The van der Waals surface area contributed by atoms with E-state index in [9.17, 15) is 39.0 Å². The highest BCUT2D eigenvalue weighted by atomic mass is 16.6. The average molecular weight is 2060 g/mol. The molecule has 834 valence electrons. The van der Waals surface area contributed by atoms with Gasteiger partial charge in [-0.2, -0.15) is 0 Å². The molecule has 6 atom stereocenters. The molecule has 0 amide bonds. The second-order valence-electron chi connectivity index (χ2n) is 40.4. The smallest absolute Gasteiger partial charge is 0.341 e. The number of aromatic hydroxyl groups is 2. The summed E-state index contributed by atoms with van der Waals surface area (Å²) in [6, 6.07) is 30.4. The molecule has 147 heavy (non-hydrogen) atoms. The summed E-state index contributed by atoms with van der Waals surface area (Å²) in [5.41, 5.74) is 28.0. The lowest BCUT2D eigenvalue weighted by Crippen LogP contribution is -2.40. The number of rotatable bonds is 63. The van der Waals surface area contributed by atoms with E-state index in [1.54, 1.807) is 78.9 Å². The van der Waals surface area contributed by atoms with Gasteiger partial charge in [-0.15, -0.1) is 0 Å². The Morgan fingerprint density at radius 2 is 0.415 bits per heavy atom. The molecule has 30 nitrogen and oxygen atoms in total. The second-order valence-corrected chi connectivity index (χ2v) is 40.4. The molecule has 0 fully saturated rings. The summed E-state index contributed by atoms with van der Waals surface area (Å²) in [6.07, 6.45) is 14.2. The van der Waals surface area contributed by atoms with Crippen LogP contribution >= 0.6 is 0 Å². The van der Waals surface area contributed by atoms with Gasteiger partial charge in [0.25, 0.3) is 0 Å². The number of hydrogen-bond acceptors (Lipinski definition) is 30. The van der Waals surface area contributed by atoms with Crippen molar-refractivity contribution >= 4 is 58.6 Å². The SMILES string of the molecule is CCCCOc1cc(N)ccc1C(=O)OC[C@@H](CC(C)C)N(CC)CC.CCCCOc1cc(N)ccc1C(=O)OC[C@H](CC(C)C)N(CC)CC.CCCCOc1cc(O)ccc1C(=O)OC[C@@H](CC(C)C)N(CC)CC.CCCOc1cc(N)ccc1C(=O)OC[C@@H](CC(C)C)N(C)C.CCCOc1cc(N)ccc1C(=O)OC[C@H](CC(C)C)N(C)C.CCCOc1cc(O)ccc1C(=O)OC[C@@H](CC(C)C)N(C)C. The number of nitrogens with two attached hydrogens (primary N) is 4. The number of nitrogen functional groups attached to an aromatic ring is 4. The van der Waals surface area contributed by atoms with E-state index in [0.29, 0.717) is 205 Å². The van der Waals surface area contributed by atoms with Gasteiger partial charge >= 0.3 is 35.8 Å². The van der Waals surface area contributed by atoms with Crippen molar-refractivity contribution in [3.05, 3.63) is 143 Å². The summed E-state index contributed by atoms with van der Waals surface area (Å²) in [7, 11) is 12.0. The highest BCUT2D eigenvalue weighted by Crippen LogP contribution is 2.33. The lowest BCUT2D eigenvalue weighted by molar-refractivity contribution is 0.0320. The van der Waals surface area contributed by atoms with Crippen LogP contribution in [0.2, 0.25) is 0 Å². The number of anilines is 4. The van der Waals surface area contributed by atoms with Crippen LogP contribution in [-0.2, 0) is 28.4 Å². The van der Waals surface area contributed by atoms with Crippen molar-refractivity contribution in [2.24, 2.45) is 35.5 Å². The van der Waals surface area contributed by atoms with Gasteiger partial charge in [0.2, 0.25) is 0 Å². The van der Waals surface area contributed by atoms with Crippen molar-refractivity contribution in [1.29, 1.82) is 0 Å². The summed E-state index contributed by atoms with van der Waals surface area (Å²) in [6.45, 7) is 62.1. The van der Waals surface area contributed by atoms with E-state index in [2.05, 4.69) is 175 Å². The molecule has 0 heterocycles. The van der Waals surface area contributed by atoms with Crippen molar-refractivity contribution in [2.45, 2.75) is 299 Å². The predicted octanol–water partition coefficient (Wildman–Crippen LogP) is 22.9. The summed E-state index contributed by atoms with van der Waals surface area (Å²) < 4.78 is 67.4. The first-order valence-electron chi connectivity index (χ1n) is 54.1. The molecule has 0 aliphatic rings. The number of hydrogen-bond donors (Lipinski definition) is 6. The average Bonchev–Trinajstić information content (AvgIpc) is 0.903. The third-order valence-electron chi connectivity index (χ3n) is 24.0. The monoisotopic (exact) mass is 2060 g/mol. The maximum absolute atomic E-state index is 12.6. The van der Waals surface area contributed by atoms with Crippen LogP contribution in [0.3, 0.4) is 0 Å². The molecule has 0 aliphatic carbocycles. The van der Waals surface area contributed by atoms with Crippen LogP contribution < -0.4 is 51.4 Å². The fourth-order valence-electron chi connectivity index (χ4n) is 15.8. The number of benzene rings is 6.